The summed E-state index contributed by atoms with van der Waals surface area (Å²) in [5, 5.41) is 2.10. The van der Waals surface area contributed by atoms with Gasteiger partial charge in [-0.1, -0.05) is 6.07 Å². The Kier molecular flexibility index (Phi) is 2.95. The van der Waals surface area contributed by atoms with Crippen LogP contribution < -0.4 is 0 Å². The van der Waals surface area contributed by atoms with Crippen LogP contribution in [0.1, 0.15) is 24.1 Å². The zero-order valence-electron chi connectivity index (χ0n) is 9.31. The lowest BCUT2D eigenvalue weighted by atomic mass is 10.1. The average Bonchev–Trinajstić information content (AvgIpc) is 3.09. The lowest BCUT2D eigenvalue weighted by molar-refractivity contribution is -0.104. The topological polar surface area (TPSA) is 17.1 Å². The minimum Gasteiger partial charge on any atom is -0.298 e. The molecule has 2 aromatic heterocycles. The van der Waals surface area contributed by atoms with Crippen molar-refractivity contribution in [3.05, 3.63) is 40.1 Å². The van der Waals surface area contributed by atoms with E-state index in [1.807, 2.05) is 0 Å². The molecule has 0 radical (unpaired) electrons. The monoisotopic (exact) mass is 260 g/mol. The summed E-state index contributed by atoms with van der Waals surface area (Å²) in [6, 6.07) is 8.54. The number of thiophene rings is 2. The van der Waals surface area contributed by atoms with Crippen molar-refractivity contribution in [3.63, 3.8) is 0 Å². The van der Waals surface area contributed by atoms with Crippen LogP contribution in [0.5, 0.6) is 0 Å². The number of rotatable bonds is 3. The summed E-state index contributed by atoms with van der Waals surface area (Å²) in [4.78, 5) is 14.9. The predicted octanol–water partition coefficient (Wildman–Crippen LogP) is 4.61. The molecular weight excluding hydrogens is 248 g/mol. The first-order valence-corrected chi connectivity index (χ1v) is 7.39. The fraction of sp³-hybridized carbons (Fsp3) is 0.214. The molecule has 1 aliphatic rings. The van der Waals surface area contributed by atoms with Crippen molar-refractivity contribution in [1.29, 1.82) is 0 Å². The van der Waals surface area contributed by atoms with E-state index in [-0.39, 0.29) is 0 Å². The van der Waals surface area contributed by atoms with Gasteiger partial charge < -0.3 is 0 Å². The normalized spacial score (nSPS) is 15.5. The van der Waals surface area contributed by atoms with Crippen LogP contribution in [0.15, 0.2) is 35.2 Å². The summed E-state index contributed by atoms with van der Waals surface area (Å²) in [6.07, 6.45) is 4.16. The Balaban J connectivity index is 1.98. The van der Waals surface area contributed by atoms with E-state index in [1.54, 1.807) is 22.7 Å². The third-order valence-corrected chi connectivity index (χ3v) is 5.28. The predicted molar refractivity (Wildman–Crippen MR) is 74.5 cm³/mol. The number of allylic oxidation sites excluding steroid dienone is 2. The molecule has 0 saturated heterocycles. The molecule has 17 heavy (non-hydrogen) atoms. The van der Waals surface area contributed by atoms with Crippen molar-refractivity contribution < 1.29 is 4.79 Å². The summed E-state index contributed by atoms with van der Waals surface area (Å²) >= 11 is 3.56. The fourth-order valence-electron chi connectivity index (χ4n) is 2.23. The van der Waals surface area contributed by atoms with Crippen LogP contribution in [0.4, 0.5) is 0 Å². The summed E-state index contributed by atoms with van der Waals surface area (Å²) in [5.41, 5.74) is 2.28. The van der Waals surface area contributed by atoms with Crippen LogP contribution in [0.3, 0.4) is 0 Å². The lowest BCUT2D eigenvalue weighted by Gasteiger charge is -1.98. The van der Waals surface area contributed by atoms with Crippen LogP contribution >= 0.6 is 22.7 Å². The van der Waals surface area contributed by atoms with Gasteiger partial charge in [-0.2, -0.15) is 0 Å². The van der Waals surface area contributed by atoms with Crippen molar-refractivity contribution in [1.82, 2.24) is 0 Å². The Labute approximate surface area is 108 Å². The van der Waals surface area contributed by atoms with Crippen LogP contribution in [0, 0.1) is 0 Å². The second-order valence-corrected chi connectivity index (χ2v) is 6.15. The van der Waals surface area contributed by atoms with Crippen LogP contribution in [0.25, 0.3) is 15.3 Å². The minimum atomic E-state index is 0.949. The zero-order chi connectivity index (χ0) is 11.7. The number of aldehydes is 1. The first-order chi connectivity index (χ1) is 8.38. The standard InChI is InChI=1S/C14H12OS2/c15-9-10-3-1-4-11(10)12-6-7-14(17-12)13-5-2-8-16-13/h2,5-9H,1,3-4H2. The highest BCUT2D eigenvalue weighted by Crippen LogP contribution is 2.39. The van der Waals surface area contributed by atoms with E-state index in [0.717, 1.165) is 31.1 Å². The Morgan fingerprint density at radius 3 is 2.71 bits per heavy atom. The molecular formula is C14H12OS2. The Hall–Kier alpha value is -1.19. The van der Waals surface area contributed by atoms with Crippen LogP contribution in [-0.2, 0) is 4.79 Å². The molecule has 0 unspecified atom stereocenters. The van der Waals surface area contributed by atoms with E-state index in [0.29, 0.717) is 0 Å². The number of hydrogen-bond donors (Lipinski definition) is 0. The Morgan fingerprint density at radius 2 is 1.94 bits per heavy atom. The molecule has 0 amide bonds. The SMILES string of the molecule is O=CC1=C(c2ccc(-c3cccs3)s2)CCC1. The molecule has 0 bridgehead atoms. The first kappa shape index (κ1) is 10.9. The molecule has 0 atom stereocenters. The molecule has 0 aliphatic heterocycles. The molecule has 3 rings (SSSR count). The molecule has 0 saturated carbocycles. The first-order valence-electron chi connectivity index (χ1n) is 5.70. The molecule has 0 aromatic carbocycles. The van der Waals surface area contributed by atoms with E-state index < -0.39 is 0 Å². The Bertz CT molecular complexity index is 561. The summed E-state index contributed by atoms with van der Waals surface area (Å²) in [7, 11) is 0. The molecule has 86 valence electrons. The van der Waals surface area contributed by atoms with Crippen molar-refractivity contribution >= 4 is 34.5 Å². The molecule has 2 aromatic rings. The van der Waals surface area contributed by atoms with Gasteiger partial charge in [0, 0.05) is 14.6 Å². The van der Waals surface area contributed by atoms with Crippen molar-refractivity contribution in [2.24, 2.45) is 0 Å². The quantitative estimate of drug-likeness (QED) is 0.736. The van der Waals surface area contributed by atoms with Gasteiger partial charge >= 0.3 is 0 Å². The van der Waals surface area contributed by atoms with E-state index in [2.05, 4.69) is 29.6 Å². The van der Waals surface area contributed by atoms with Crippen molar-refractivity contribution in [2.75, 3.05) is 0 Å². The lowest BCUT2D eigenvalue weighted by Crippen LogP contribution is -1.81. The largest absolute Gasteiger partial charge is 0.298 e. The van der Waals surface area contributed by atoms with Gasteiger partial charge in [-0.15, -0.1) is 22.7 Å². The smallest absolute Gasteiger partial charge is 0.146 e. The molecule has 1 aliphatic carbocycles. The molecule has 0 fully saturated rings. The average molecular weight is 260 g/mol. The fourth-order valence-corrected chi connectivity index (χ4v) is 4.18. The van der Waals surface area contributed by atoms with Crippen LogP contribution in [0.2, 0.25) is 0 Å². The maximum Gasteiger partial charge on any atom is 0.146 e. The maximum absolute atomic E-state index is 11.0. The number of carbonyl (C=O) groups excluding carboxylic acids is 1. The third-order valence-electron chi connectivity index (χ3n) is 3.07. The molecule has 3 heteroatoms. The van der Waals surface area contributed by atoms with Crippen molar-refractivity contribution in [2.45, 2.75) is 19.3 Å². The van der Waals surface area contributed by atoms with Gasteiger partial charge in [0.15, 0.2) is 0 Å². The highest BCUT2D eigenvalue weighted by molar-refractivity contribution is 7.21. The maximum atomic E-state index is 11.0. The van der Waals surface area contributed by atoms with Gasteiger partial charge in [0.2, 0.25) is 0 Å². The zero-order valence-corrected chi connectivity index (χ0v) is 10.9. The van der Waals surface area contributed by atoms with E-state index in [1.165, 1.54) is 20.2 Å². The van der Waals surface area contributed by atoms with Gasteiger partial charge in [-0.05, 0) is 54.0 Å². The Morgan fingerprint density at radius 1 is 1.06 bits per heavy atom. The summed E-state index contributed by atoms with van der Waals surface area (Å²) in [5.74, 6) is 0. The minimum absolute atomic E-state index is 0.949. The van der Waals surface area contributed by atoms with Gasteiger partial charge in [-0.25, -0.2) is 0 Å². The second kappa shape index (κ2) is 4.59. The molecule has 1 nitrogen and oxygen atoms in total. The van der Waals surface area contributed by atoms with Crippen LogP contribution in [-0.4, -0.2) is 6.29 Å². The summed E-state index contributed by atoms with van der Waals surface area (Å²) in [6.45, 7) is 0. The highest BCUT2D eigenvalue weighted by Gasteiger charge is 2.17. The second-order valence-electron chi connectivity index (χ2n) is 4.12. The number of hydrogen-bond acceptors (Lipinski definition) is 3. The third kappa shape index (κ3) is 2.01. The molecule has 0 N–H and O–H groups in total. The summed E-state index contributed by atoms with van der Waals surface area (Å²) < 4.78 is 0. The van der Waals surface area contributed by atoms with Gasteiger partial charge in [-0.3, -0.25) is 4.79 Å². The highest BCUT2D eigenvalue weighted by atomic mass is 32.1. The number of carbonyl (C=O) groups is 1. The van der Waals surface area contributed by atoms with Crippen molar-refractivity contribution in [3.8, 4) is 9.75 Å². The van der Waals surface area contributed by atoms with E-state index in [4.69, 9.17) is 0 Å². The van der Waals surface area contributed by atoms with Gasteiger partial charge in [0.1, 0.15) is 6.29 Å². The van der Waals surface area contributed by atoms with Gasteiger partial charge in [0.25, 0.3) is 0 Å². The molecule has 2 heterocycles. The van der Waals surface area contributed by atoms with E-state index in [9.17, 15) is 4.79 Å². The van der Waals surface area contributed by atoms with E-state index >= 15 is 0 Å². The molecule has 0 spiro atoms. The van der Waals surface area contributed by atoms with Gasteiger partial charge in [0.05, 0.1) is 0 Å².